The molecular formula is C22H27N7O2S. The van der Waals surface area contributed by atoms with Gasteiger partial charge in [0.05, 0.1) is 17.9 Å². The topological polar surface area (TPSA) is 105 Å². The molecule has 32 heavy (non-hydrogen) atoms. The number of benzene rings is 1. The molecular weight excluding hydrogens is 426 g/mol. The molecule has 0 aliphatic carbocycles. The average molecular weight is 454 g/mol. The van der Waals surface area contributed by atoms with E-state index in [2.05, 4.69) is 37.5 Å². The SMILES string of the molecule is CNC(=O)N1CCOc2c([C@H](C)CNc3cc(-c4cnc(C)nc4)ncn3)cccc21.S. The highest BCUT2D eigenvalue weighted by molar-refractivity contribution is 7.59. The molecule has 1 atom stereocenters. The normalized spacial score (nSPS) is 13.3. The molecule has 2 N–H and O–H groups in total. The van der Waals surface area contributed by atoms with E-state index in [0.717, 1.165) is 34.1 Å². The third-order valence-corrected chi connectivity index (χ3v) is 5.20. The molecule has 0 spiro atoms. The summed E-state index contributed by atoms with van der Waals surface area (Å²) in [4.78, 5) is 31.0. The summed E-state index contributed by atoms with van der Waals surface area (Å²) in [6.45, 7) is 5.58. The van der Waals surface area contributed by atoms with Gasteiger partial charge in [0.1, 0.15) is 30.3 Å². The molecule has 1 aromatic carbocycles. The molecule has 4 rings (SSSR count). The minimum absolute atomic E-state index is 0. The molecule has 0 unspecified atom stereocenters. The van der Waals surface area contributed by atoms with Crippen molar-refractivity contribution in [3.05, 3.63) is 54.4 Å². The summed E-state index contributed by atoms with van der Waals surface area (Å²) in [5, 5.41) is 6.06. The molecule has 0 saturated carbocycles. The van der Waals surface area contributed by atoms with E-state index in [1.54, 1.807) is 24.3 Å². The predicted octanol–water partition coefficient (Wildman–Crippen LogP) is 3.11. The highest BCUT2D eigenvalue weighted by Gasteiger charge is 2.26. The number of amides is 2. The molecule has 168 valence electrons. The summed E-state index contributed by atoms with van der Waals surface area (Å²) in [5.74, 6) is 2.32. The van der Waals surface area contributed by atoms with Gasteiger partial charge in [-0.3, -0.25) is 4.90 Å². The summed E-state index contributed by atoms with van der Waals surface area (Å²) >= 11 is 0. The summed E-state index contributed by atoms with van der Waals surface area (Å²) < 4.78 is 5.95. The third kappa shape index (κ3) is 4.91. The van der Waals surface area contributed by atoms with Gasteiger partial charge in [-0.25, -0.2) is 24.7 Å². The zero-order valence-electron chi connectivity index (χ0n) is 18.3. The fraction of sp³-hybridized carbons (Fsp3) is 0.318. The van der Waals surface area contributed by atoms with Crippen LogP contribution in [-0.2, 0) is 0 Å². The number of fused-ring (bicyclic) bond motifs is 1. The minimum atomic E-state index is -0.138. The molecule has 2 amide bonds. The highest BCUT2D eigenvalue weighted by atomic mass is 32.1. The number of carbonyl (C=O) groups is 1. The maximum atomic E-state index is 12.2. The van der Waals surface area contributed by atoms with E-state index in [4.69, 9.17) is 4.74 Å². The first-order valence-corrected chi connectivity index (χ1v) is 10.2. The van der Waals surface area contributed by atoms with Gasteiger partial charge in [-0.2, -0.15) is 13.5 Å². The maximum absolute atomic E-state index is 12.2. The Morgan fingerprint density at radius 2 is 2.00 bits per heavy atom. The molecule has 3 heterocycles. The Morgan fingerprint density at radius 3 is 2.75 bits per heavy atom. The van der Waals surface area contributed by atoms with Gasteiger partial charge in [-0.1, -0.05) is 19.1 Å². The number of aromatic nitrogens is 4. The highest BCUT2D eigenvalue weighted by Crippen LogP contribution is 2.38. The van der Waals surface area contributed by atoms with Gasteiger partial charge in [0, 0.05) is 49.1 Å². The van der Waals surface area contributed by atoms with Gasteiger partial charge in [0.15, 0.2) is 0 Å². The second-order valence-electron chi connectivity index (χ2n) is 7.34. The Morgan fingerprint density at radius 1 is 1.22 bits per heavy atom. The van der Waals surface area contributed by atoms with Crippen LogP contribution >= 0.6 is 13.5 Å². The van der Waals surface area contributed by atoms with Crippen molar-refractivity contribution in [2.24, 2.45) is 0 Å². The molecule has 0 saturated heterocycles. The lowest BCUT2D eigenvalue weighted by atomic mass is 9.98. The summed E-state index contributed by atoms with van der Waals surface area (Å²) in [5.41, 5.74) is 3.43. The quantitative estimate of drug-likeness (QED) is 0.611. The van der Waals surface area contributed by atoms with Gasteiger partial charge in [0.25, 0.3) is 0 Å². The lowest BCUT2D eigenvalue weighted by Crippen LogP contribution is -2.43. The Hall–Kier alpha value is -3.40. The number of hydrogen-bond donors (Lipinski definition) is 2. The molecule has 1 aliphatic rings. The zero-order chi connectivity index (χ0) is 21.8. The van der Waals surface area contributed by atoms with Crippen LogP contribution in [0.5, 0.6) is 5.75 Å². The smallest absolute Gasteiger partial charge is 0.321 e. The van der Waals surface area contributed by atoms with Crippen molar-refractivity contribution in [3.63, 3.8) is 0 Å². The van der Waals surface area contributed by atoms with E-state index in [1.165, 1.54) is 6.33 Å². The minimum Gasteiger partial charge on any atom is -0.489 e. The van der Waals surface area contributed by atoms with Crippen molar-refractivity contribution in [1.82, 2.24) is 25.3 Å². The number of nitrogens with one attached hydrogen (secondary N) is 2. The first kappa shape index (κ1) is 23.3. The first-order chi connectivity index (χ1) is 15.1. The van der Waals surface area contributed by atoms with Gasteiger partial charge < -0.3 is 15.4 Å². The standard InChI is InChI=1S/C22H25N7O2.H2S/c1-14(17-5-4-6-19-21(17)31-8-7-29(19)22(30)23-3)10-26-20-9-18(27-13-28-20)16-11-24-15(2)25-12-16;/h4-6,9,11-14H,7-8,10H2,1-3H3,(H,23,30)(H,26,27,28);1H2/t14-;/m1./s1. The summed E-state index contributed by atoms with van der Waals surface area (Å²) in [6, 6.07) is 7.64. The van der Waals surface area contributed by atoms with Crippen molar-refractivity contribution in [2.45, 2.75) is 19.8 Å². The van der Waals surface area contributed by atoms with Gasteiger partial charge in [-0.15, -0.1) is 0 Å². The molecule has 9 nitrogen and oxygen atoms in total. The fourth-order valence-electron chi connectivity index (χ4n) is 3.51. The number of hydrogen-bond acceptors (Lipinski definition) is 7. The molecule has 3 aromatic rings. The lowest BCUT2D eigenvalue weighted by molar-refractivity contribution is 0.241. The Labute approximate surface area is 194 Å². The third-order valence-electron chi connectivity index (χ3n) is 5.20. The van der Waals surface area contributed by atoms with Crippen LogP contribution in [0.15, 0.2) is 43.0 Å². The van der Waals surface area contributed by atoms with Crippen molar-refractivity contribution in [1.29, 1.82) is 0 Å². The second-order valence-corrected chi connectivity index (χ2v) is 7.34. The number of nitrogens with zero attached hydrogens (tertiary/aromatic N) is 5. The number of rotatable bonds is 5. The first-order valence-electron chi connectivity index (χ1n) is 10.2. The molecule has 1 aliphatic heterocycles. The van der Waals surface area contributed by atoms with Crippen LogP contribution in [-0.4, -0.2) is 52.7 Å². The summed E-state index contributed by atoms with van der Waals surface area (Å²) in [6.07, 6.45) is 5.03. The van der Waals surface area contributed by atoms with E-state index >= 15 is 0 Å². The number of carbonyl (C=O) groups excluding carboxylic acids is 1. The van der Waals surface area contributed by atoms with Crippen LogP contribution < -0.4 is 20.3 Å². The summed E-state index contributed by atoms with van der Waals surface area (Å²) in [7, 11) is 1.63. The number of aryl methyl sites for hydroxylation is 1. The molecule has 0 radical (unpaired) electrons. The van der Waals surface area contributed by atoms with E-state index < -0.39 is 0 Å². The van der Waals surface area contributed by atoms with Crippen molar-refractivity contribution in [2.75, 3.05) is 37.0 Å². The molecule has 2 aromatic heterocycles. The lowest BCUT2D eigenvalue weighted by Gasteiger charge is -2.31. The molecule has 0 bridgehead atoms. The van der Waals surface area contributed by atoms with Crippen LogP contribution in [0.1, 0.15) is 24.2 Å². The van der Waals surface area contributed by atoms with Crippen LogP contribution in [0, 0.1) is 6.92 Å². The van der Waals surface area contributed by atoms with E-state index in [1.807, 2.05) is 31.2 Å². The maximum Gasteiger partial charge on any atom is 0.321 e. The number of ether oxygens (including phenoxy) is 1. The van der Waals surface area contributed by atoms with E-state index in [9.17, 15) is 4.79 Å². The average Bonchev–Trinajstić information content (AvgIpc) is 2.82. The van der Waals surface area contributed by atoms with Crippen LogP contribution in [0.3, 0.4) is 0 Å². The Kier molecular flexibility index (Phi) is 7.47. The van der Waals surface area contributed by atoms with Crippen LogP contribution in [0.25, 0.3) is 11.3 Å². The number of anilines is 2. The zero-order valence-corrected chi connectivity index (χ0v) is 19.3. The monoisotopic (exact) mass is 453 g/mol. The molecule has 0 fully saturated rings. The van der Waals surface area contributed by atoms with Crippen molar-refractivity contribution < 1.29 is 9.53 Å². The fourth-order valence-corrected chi connectivity index (χ4v) is 3.51. The second kappa shape index (κ2) is 10.3. The predicted molar refractivity (Wildman–Crippen MR) is 129 cm³/mol. The van der Waals surface area contributed by atoms with E-state index in [0.29, 0.717) is 25.5 Å². The Bertz CT molecular complexity index is 1080. The Balaban J connectivity index is 0.00000289. The number of urea groups is 1. The van der Waals surface area contributed by atoms with Crippen molar-refractivity contribution >= 4 is 31.0 Å². The van der Waals surface area contributed by atoms with Gasteiger partial charge in [0.2, 0.25) is 0 Å². The van der Waals surface area contributed by atoms with Crippen LogP contribution in [0.4, 0.5) is 16.3 Å². The molecule has 10 heteroatoms. The van der Waals surface area contributed by atoms with Gasteiger partial charge in [-0.05, 0) is 13.0 Å². The van der Waals surface area contributed by atoms with Crippen LogP contribution in [0.2, 0.25) is 0 Å². The largest absolute Gasteiger partial charge is 0.489 e. The van der Waals surface area contributed by atoms with E-state index in [-0.39, 0.29) is 25.4 Å². The van der Waals surface area contributed by atoms with Gasteiger partial charge >= 0.3 is 6.03 Å². The number of para-hydroxylation sites is 1. The van der Waals surface area contributed by atoms with Crippen molar-refractivity contribution in [3.8, 4) is 17.0 Å².